The molecule has 1 heterocycles. The molecule has 0 saturated carbocycles. The summed E-state index contributed by atoms with van der Waals surface area (Å²) in [7, 11) is 0. The van der Waals surface area contributed by atoms with Gasteiger partial charge in [0.1, 0.15) is 11.5 Å². The Labute approximate surface area is 156 Å². The van der Waals surface area contributed by atoms with Gasteiger partial charge >= 0.3 is 0 Å². The van der Waals surface area contributed by atoms with E-state index in [0.29, 0.717) is 29.4 Å². The number of aromatic nitrogens is 2. The minimum atomic E-state index is 0.214. The van der Waals surface area contributed by atoms with E-state index in [9.17, 15) is 4.79 Å². The van der Waals surface area contributed by atoms with Gasteiger partial charge in [-0.1, -0.05) is 77.8 Å². The number of carbonyl (C=O) groups excluding carboxylic acids is 1. The van der Waals surface area contributed by atoms with Crippen LogP contribution in [0.5, 0.6) is 0 Å². The third-order valence-electron chi connectivity index (χ3n) is 3.94. The second-order valence-corrected chi connectivity index (χ2v) is 6.40. The van der Waals surface area contributed by atoms with Crippen molar-refractivity contribution in [2.75, 3.05) is 0 Å². The molecule has 3 aromatic rings. The van der Waals surface area contributed by atoms with Crippen LogP contribution in [0.4, 0.5) is 0 Å². The van der Waals surface area contributed by atoms with Crippen LogP contribution in [0.2, 0.25) is 10.2 Å². The van der Waals surface area contributed by atoms with Gasteiger partial charge in [0, 0.05) is 5.02 Å². The van der Waals surface area contributed by atoms with Gasteiger partial charge in [-0.15, -0.1) is 0 Å². The lowest BCUT2D eigenvalue weighted by Crippen LogP contribution is -2.06. The molecule has 126 valence electrons. The SMILES string of the molecule is Cc1nc(Cl)c(C=O)n1Cc1ccc(/C=C/c2ccccc2)cc1Cl. The van der Waals surface area contributed by atoms with Crippen molar-refractivity contribution >= 4 is 41.6 Å². The maximum Gasteiger partial charge on any atom is 0.169 e. The highest BCUT2D eigenvalue weighted by molar-refractivity contribution is 6.32. The van der Waals surface area contributed by atoms with Crippen molar-refractivity contribution in [1.29, 1.82) is 0 Å². The van der Waals surface area contributed by atoms with Gasteiger partial charge < -0.3 is 4.57 Å². The van der Waals surface area contributed by atoms with Crippen molar-refractivity contribution in [2.24, 2.45) is 0 Å². The smallest absolute Gasteiger partial charge is 0.169 e. The Morgan fingerprint density at radius 2 is 1.76 bits per heavy atom. The zero-order chi connectivity index (χ0) is 17.8. The lowest BCUT2D eigenvalue weighted by molar-refractivity contribution is 0.111. The van der Waals surface area contributed by atoms with Crippen molar-refractivity contribution in [3.63, 3.8) is 0 Å². The minimum Gasteiger partial charge on any atom is -0.320 e. The number of nitrogens with zero attached hydrogens (tertiary/aromatic N) is 2. The van der Waals surface area contributed by atoms with E-state index in [1.54, 1.807) is 4.57 Å². The van der Waals surface area contributed by atoms with E-state index in [1.165, 1.54) is 0 Å². The number of halogens is 2. The first-order valence-corrected chi connectivity index (χ1v) is 8.53. The largest absolute Gasteiger partial charge is 0.320 e. The summed E-state index contributed by atoms with van der Waals surface area (Å²) >= 11 is 12.4. The zero-order valence-electron chi connectivity index (χ0n) is 13.6. The molecule has 2 aromatic carbocycles. The molecule has 0 amide bonds. The summed E-state index contributed by atoms with van der Waals surface area (Å²) in [4.78, 5) is 15.4. The Morgan fingerprint density at radius 1 is 1.04 bits per heavy atom. The summed E-state index contributed by atoms with van der Waals surface area (Å²) in [6, 6.07) is 15.9. The summed E-state index contributed by atoms with van der Waals surface area (Å²) < 4.78 is 1.76. The molecule has 0 atom stereocenters. The van der Waals surface area contributed by atoms with Crippen molar-refractivity contribution in [3.8, 4) is 0 Å². The molecule has 0 bridgehead atoms. The summed E-state index contributed by atoms with van der Waals surface area (Å²) in [6.07, 6.45) is 4.77. The van der Waals surface area contributed by atoms with Gasteiger partial charge in [0.25, 0.3) is 0 Å². The number of aryl methyl sites for hydroxylation is 1. The molecule has 0 saturated heterocycles. The highest BCUT2D eigenvalue weighted by atomic mass is 35.5. The lowest BCUT2D eigenvalue weighted by atomic mass is 10.1. The predicted octanol–water partition coefficient (Wildman–Crippen LogP) is 5.53. The second-order valence-electron chi connectivity index (χ2n) is 5.63. The van der Waals surface area contributed by atoms with Crippen LogP contribution in [0.1, 0.15) is 33.0 Å². The summed E-state index contributed by atoms with van der Waals surface area (Å²) in [5.74, 6) is 0.677. The molecule has 5 heteroatoms. The topological polar surface area (TPSA) is 34.9 Å². The Kier molecular flexibility index (Phi) is 5.37. The average molecular weight is 371 g/mol. The molecule has 0 aliphatic heterocycles. The first-order valence-electron chi connectivity index (χ1n) is 7.78. The Balaban J connectivity index is 1.83. The van der Waals surface area contributed by atoms with Gasteiger partial charge in [-0.05, 0) is 29.7 Å². The molecule has 3 nitrogen and oxygen atoms in total. The van der Waals surface area contributed by atoms with Crippen LogP contribution < -0.4 is 0 Å². The molecular weight excluding hydrogens is 355 g/mol. The number of carbonyl (C=O) groups is 1. The van der Waals surface area contributed by atoms with Crippen LogP contribution in [-0.4, -0.2) is 15.8 Å². The number of aldehydes is 1. The molecule has 1 aromatic heterocycles. The standard InChI is InChI=1S/C20H16Cl2N2O/c1-14-23-20(22)19(13-25)24(14)12-17-10-9-16(11-18(17)21)8-7-15-5-3-2-4-6-15/h2-11,13H,12H2,1H3/b8-7+. The van der Waals surface area contributed by atoms with Gasteiger partial charge in [-0.25, -0.2) is 4.98 Å². The zero-order valence-corrected chi connectivity index (χ0v) is 15.1. The van der Waals surface area contributed by atoms with E-state index in [0.717, 1.165) is 16.7 Å². The fourth-order valence-corrected chi connectivity index (χ4v) is 3.10. The van der Waals surface area contributed by atoms with E-state index in [1.807, 2.05) is 67.6 Å². The molecule has 25 heavy (non-hydrogen) atoms. The molecule has 3 rings (SSSR count). The average Bonchev–Trinajstić information content (AvgIpc) is 2.89. The maximum atomic E-state index is 11.2. The lowest BCUT2D eigenvalue weighted by Gasteiger charge is -2.10. The molecule has 0 radical (unpaired) electrons. The Hall–Kier alpha value is -2.36. The van der Waals surface area contributed by atoms with Gasteiger partial charge in [0.05, 0.1) is 6.54 Å². The van der Waals surface area contributed by atoms with Crippen LogP contribution in [0.3, 0.4) is 0 Å². The van der Waals surface area contributed by atoms with E-state index in [-0.39, 0.29) is 5.15 Å². The van der Waals surface area contributed by atoms with Crippen molar-refractivity contribution in [2.45, 2.75) is 13.5 Å². The van der Waals surface area contributed by atoms with Crippen LogP contribution >= 0.6 is 23.2 Å². The van der Waals surface area contributed by atoms with E-state index in [4.69, 9.17) is 23.2 Å². The van der Waals surface area contributed by atoms with E-state index in [2.05, 4.69) is 4.98 Å². The first-order chi connectivity index (χ1) is 12.1. The van der Waals surface area contributed by atoms with Crippen molar-refractivity contribution in [3.05, 3.63) is 86.9 Å². The molecular formula is C20H16Cl2N2O. The van der Waals surface area contributed by atoms with E-state index < -0.39 is 0 Å². The molecule has 0 spiro atoms. The third kappa shape index (κ3) is 4.01. The van der Waals surface area contributed by atoms with Gasteiger partial charge in [-0.3, -0.25) is 4.79 Å². The Morgan fingerprint density at radius 3 is 2.44 bits per heavy atom. The fraction of sp³-hybridized carbons (Fsp3) is 0.100. The number of rotatable bonds is 5. The summed E-state index contributed by atoms with van der Waals surface area (Å²) in [5, 5.41) is 0.849. The van der Waals surface area contributed by atoms with Crippen LogP contribution in [0.15, 0.2) is 48.5 Å². The molecule has 0 aliphatic carbocycles. The third-order valence-corrected chi connectivity index (χ3v) is 4.57. The van der Waals surface area contributed by atoms with E-state index >= 15 is 0 Å². The van der Waals surface area contributed by atoms with Gasteiger partial charge in [-0.2, -0.15) is 0 Å². The normalized spacial score (nSPS) is 11.2. The van der Waals surface area contributed by atoms with Crippen LogP contribution in [0, 0.1) is 6.92 Å². The van der Waals surface area contributed by atoms with Gasteiger partial charge in [0.2, 0.25) is 0 Å². The van der Waals surface area contributed by atoms with Gasteiger partial charge in [0.15, 0.2) is 11.4 Å². The quantitative estimate of drug-likeness (QED) is 0.437. The monoisotopic (exact) mass is 370 g/mol. The second kappa shape index (κ2) is 7.68. The molecule has 0 unspecified atom stereocenters. The number of imidazole rings is 1. The highest BCUT2D eigenvalue weighted by Crippen LogP contribution is 2.23. The highest BCUT2D eigenvalue weighted by Gasteiger charge is 2.13. The number of hydrogen-bond donors (Lipinski definition) is 0. The number of hydrogen-bond acceptors (Lipinski definition) is 2. The van der Waals surface area contributed by atoms with Crippen molar-refractivity contribution in [1.82, 2.24) is 9.55 Å². The molecule has 0 fully saturated rings. The van der Waals surface area contributed by atoms with Crippen LogP contribution in [-0.2, 0) is 6.54 Å². The summed E-state index contributed by atoms with van der Waals surface area (Å²) in [6.45, 7) is 2.25. The fourth-order valence-electron chi connectivity index (χ4n) is 2.58. The van der Waals surface area contributed by atoms with Crippen molar-refractivity contribution < 1.29 is 4.79 Å². The number of benzene rings is 2. The minimum absolute atomic E-state index is 0.214. The van der Waals surface area contributed by atoms with Crippen LogP contribution in [0.25, 0.3) is 12.2 Å². The Bertz CT molecular complexity index is 930. The molecule has 0 N–H and O–H groups in total. The molecule has 0 aliphatic rings. The first kappa shape index (κ1) is 17.5. The summed E-state index contributed by atoms with van der Waals surface area (Å²) in [5.41, 5.74) is 3.40. The maximum absolute atomic E-state index is 11.2. The predicted molar refractivity (Wildman–Crippen MR) is 103 cm³/mol.